The van der Waals surface area contributed by atoms with E-state index in [1.54, 1.807) is 0 Å². The SMILES string of the molecule is CC[C@@]1(C)[C@H]2CCC(=O)[C@@H](CC(OP)OP)[C@]2(C)CC[C@H]1C. The molecule has 0 saturated heterocycles. The van der Waals surface area contributed by atoms with Crippen LogP contribution in [-0.2, 0) is 13.8 Å². The van der Waals surface area contributed by atoms with Gasteiger partial charge in [0.2, 0.25) is 0 Å². The van der Waals surface area contributed by atoms with Crippen LogP contribution in [0.15, 0.2) is 0 Å². The van der Waals surface area contributed by atoms with Gasteiger partial charge in [-0.05, 0) is 41.9 Å². The Morgan fingerprint density at radius 3 is 2.45 bits per heavy atom. The summed E-state index contributed by atoms with van der Waals surface area (Å²) >= 11 is 0. The molecule has 0 amide bonds. The van der Waals surface area contributed by atoms with Crippen LogP contribution in [-0.4, -0.2) is 12.1 Å². The van der Waals surface area contributed by atoms with E-state index in [1.165, 1.54) is 12.8 Å². The summed E-state index contributed by atoms with van der Waals surface area (Å²) in [6.45, 7) is 9.51. The van der Waals surface area contributed by atoms with Crippen molar-refractivity contribution < 1.29 is 13.8 Å². The largest absolute Gasteiger partial charge is 0.336 e. The Morgan fingerprint density at radius 2 is 1.91 bits per heavy atom. The molecule has 2 aliphatic carbocycles. The molecular formula is C17H32O3P2. The molecular weight excluding hydrogens is 314 g/mol. The molecule has 3 nitrogen and oxygen atoms in total. The van der Waals surface area contributed by atoms with Gasteiger partial charge in [-0.15, -0.1) is 0 Å². The van der Waals surface area contributed by atoms with Crippen molar-refractivity contribution in [3.63, 3.8) is 0 Å². The summed E-state index contributed by atoms with van der Waals surface area (Å²) in [5, 5.41) is 0. The Hall–Kier alpha value is 0.450. The van der Waals surface area contributed by atoms with Gasteiger partial charge < -0.3 is 9.05 Å². The average molecular weight is 346 g/mol. The predicted octanol–water partition coefficient (Wildman–Crippen LogP) is 4.76. The van der Waals surface area contributed by atoms with Gasteiger partial charge in [0.25, 0.3) is 0 Å². The normalized spacial score (nSPS) is 42.5. The zero-order chi connectivity index (χ0) is 16.5. The summed E-state index contributed by atoms with van der Waals surface area (Å²) in [5.74, 6) is 1.80. The van der Waals surface area contributed by atoms with Gasteiger partial charge in [-0.25, -0.2) is 0 Å². The van der Waals surface area contributed by atoms with E-state index in [9.17, 15) is 4.79 Å². The minimum atomic E-state index is -0.341. The van der Waals surface area contributed by atoms with E-state index in [-0.39, 0.29) is 17.6 Å². The van der Waals surface area contributed by atoms with Crippen LogP contribution in [0, 0.1) is 28.6 Å². The second-order valence-electron chi connectivity index (χ2n) is 7.85. The Kier molecular flexibility index (Phi) is 6.09. The van der Waals surface area contributed by atoms with E-state index in [0.717, 1.165) is 18.8 Å². The first-order chi connectivity index (χ1) is 10.3. The maximum absolute atomic E-state index is 12.7. The fourth-order valence-electron chi connectivity index (χ4n) is 5.36. The number of ketones is 1. The van der Waals surface area contributed by atoms with Crippen LogP contribution in [0.2, 0.25) is 0 Å². The summed E-state index contributed by atoms with van der Waals surface area (Å²) in [6, 6.07) is 0. The zero-order valence-electron chi connectivity index (χ0n) is 14.4. The fraction of sp³-hybridized carbons (Fsp3) is 0.941. The van der Waals surface area contributed by atoms with E-state index < -0.39 is 0 Å². The molecule has 5 heteroatoms. The third kappa shape index (κ3) is 3.04. The van der Waals surface area contributed by atoms with Crippen molar-refractivity contribution in [1.29, 1.82) is 0 Å². The Balaban J connectivity index is 2.33. The number of hydrogen-bond acceptors (Lipinski definition) is 3. The van der Waals surface area contributed by atoms with Crippen LogP contribution in [0.5, 0.6) is 0 Å². The highest BCUT2D eigenvalue weighted by molar-refractivity contribution is 7.10. The standard InChI is InChI=1S/C17H32O3P2/c1-5-16(3)11(2)8-9-17(4)12(10-15(19-21)20-22)13(18)6-7-14(16)17/h11-12,14-15H,5-10,21-22H2,1-4H3/t11-,12-,14-,16-,17+/m1/s1. The maximum Gasteiger partial charge on any atom is 0.164 e. The van der Waals surface area contributed by atoms with E-state index in [0.29, 0.717) is 30.0 Å². The molecule has 0 radical (unpaired) electrons. The maximum atomic E-state index is 12.7. The number of hydrogen-bond donors (Lipinski definition) is 0. The Labute approximate surface area is 140 Å². The summed E-state index contributed by atoms with van der Waals surface area (Å²) in [7, 11) is 4.53. The molecule has 128 valence electrons. The Morgan fingerprint density at radius 1 is 1.27 bits per heavy atom. The highest BCUT2D eigenvalue weighted by atomic mass is 31.0. The van der Waals surface area contributed by atoms with Crippen molar-refractivity contribution in [3.05, 3.63) is 0 Å². The molecule has 22 heavy (non-hydrogen) atoms. The molecule has 0 N–H and O–H groups in total. The van der Waals surface area contributed by atoms with Crippen LogP contribution >= 0.6 is 18.9 Å². The van der Waals surface area contributed by atoms with Crippen molar-refractivity contribution >= 4 is 24.7 Å². The molecule has 0 aliphatic heterocycles. The predicted molar refractivity (Wildman–Crippen MR) is 96.1 cm³/mol. The van der Waals surface area contributed by atoms with Gasteiger partial charge in [-0.2, -0.15) is 0 Å². The summed E-state index contributed by atoms with van der Waals surface area (Å²) < 4.78 is 10.6. The van der Waals surface area contributed by atoms with Crippen molar-refractivity contribution in [2.24, 2.45) is 28.6 Å². The van der Waals surface area contributed by atoms with Crippen molar-refractivity contribution in [3.8, 4) is 0 Å². The van der Waals surface area contributed by atoms with Crippen LogP contribution in [0.1, 0.15) is 66.2 Å². The van der Waals surface area contributed by atoms with Gasteiger partial charge in [0.05, 0.1) is 0 Å². The summed E-state index contributed by atoms with van der Waals surface area (Å²) in [4.78, 5) is 12.7. The lowest BCUT2D eigenvalue weighted by Crippen LogP contribution is -2.55. The van der Waals surface area contributed by atoms with Crippen LogP contribution < -0.4 is 0 Å². The van der Waals surface area contributed by atoms with Crippen molar-refractivity contribution in [2.75, 3.05) is 0 Å². The zero-order valence-corrected chi connectivity index (χ0v) is 16.7. The first kappa shape index (κ1) is 18.8. The highest BCUT2D eigenvalue weighted by Crippen LogP contribution is 2.62. The molecule has 2 saturated carbocycles. The molecule has 0 aromatic rings. The number of fused-ring (bicyclic) bond motifs is 1. The van der Waals surface area contributed by atoms with Gasteiger partial charge in [0.1, 0.15) is 5.78 Å². The van der Waals surface area contributed by atoms with Gasteiger partial charge in [-0.1, -0.05) is 34.1 Å². The monoisotopic (exact) mass is 346 g/mol. The topological polar surface area (TPSA) is 35.5 Å². The number of Topliss-reactive ketones (excluding diaryl/α,β-unsaturated/α-hetero) is 1. The third-order valence-corrected chi connectivity index (χ3v) is 7.80. The number of rotatable bonds is 5. The quantitative estimate of drug-likeness (QED) is 0.532. The summed E-state index contributed by atoms with van der Waals surface area (Å²) in [6.07, 6.45) is 5.64. The second-order valence-corrected chi connectivity index (χ2v) is 8.40. The van der Waals surface area contributed by atoms with Crippen molar-refractivity contribution in [2.45, 2.75) is 72.5 Å². The molecule has 0 heterocycles. The van der Waals surface area contributed by atoms with Gasteiger partial charge >= 0.3 is 0 Å². The van der Waals surface area contributed by atoms with Crippen molar-refractivity contribution in [1.82, 2.24) is 0 Å². The summed E-state index contributed by atoms with van der Waals surface area (Å²) in [5.41, 5.74) is 0.419. The van der Waals surface area contributed by atoms with Gasteiger partial charge in [-0.3, -0.25) is 4.79 Å². The third-order valence-electron chi connectivity index (χ3n) is 7.19. The average Bonchev–Trinajstić information content (AvgIpc) is 2.51. The van der Waals surface area contributed by atoms with E-state index in [4.69, 9.17) is 9.05 Å². The molecule has 2 unspecified atom stereocenters. The second kappa shape index (κ2) is 7.14. The number of carbonyl (C=O) groups excluding carboxylic acids is 1. The minimum absolute atomic E-state index is 0.0516. The van der Waals surface area contributed by atoms with Gasteiger partial charge in [0.15, 0.2) is 6.29 Å². The Bertz CT molecular complexity index is 413. The number of carbonyl (C=O) groups is 1. The van der Waals surface area contributed by atoms with Crippen LogP contribution in [0.4, 0.5) is 0 Å². The highest BCUT2D eigenvalue weighted by Gasteiger charge is 2.57. The fourth-order valence-corrected chi connectivity index (χ4v) is 5.84. The molecule has 0 aromatic carbocycles. The molecule has 2 rings (SSSR count). The first-order valence-electron chi connectivity index (χ1n) is 8.57. The lowest BCUT2D eigenvalue weighted by molar-refractivity contribution is -0.156. The molecule has 0 spiro atoms. The van der Waals surface area contributed by atoms with E-state index >= 15 is 0 Å². The lowest BCUT2D eigenvalue weighted by atomic mass is 9.44. The van der Waals surface area contributed by atoms with Gasteiger partial charge in [0, 0.05) is 37.7 Å². The van der Waals surface area contributed by atoms with Crippen LogP contribution in [0.3, 0.4) is 0 Å². The minimum Gasteiger partial charge on any atom is -0.336 e. The van der Waals surface area contributed by atoms with E-state index in [2.05, 4.69) is 46.6 Å². The molecule has 0 bridgehead atoms. The smallest absolute Gasteiger partial charge is 0.164 e. The molecule has 7 atom stereocenters. The molecule has 2 aliphatic rings. The lowest BCUT2D eigenvalue weighted by Gasteiger charge is -2.60. The van der Waals surface area contributed by atoms with Crippen LogP contribution in [0.25, 0.3) is 0 Å². The van der Waals surface area contributed by atoms with E-state index in [1.807, 2.05) is 0 Å². The first-order valence-corrected chi connectivity index (χ1v) is 9.51. The molecule has 0 aromatic heterocycles. The molecule has 2 fully saturated rings.